The number of para-hydroxylation sites is 1. The smallest absolute Gasteiger partial charge is 0.242 e. The second-order valence-electron chi connectivity index (χ2n) is 7.38. The van der Waals surface area contributed by atoms with E-state index in [4.69, 9.17) is 14.7 Å². The lowest BCUT2D eigenvalue weighted by Gasteiger charge is -2.17. The zero-order chi connectivity index (χ0) is 21.3. The van der Waals surface area contributed by atoms with Crippen LogP contribution >= 0.6 is 0 Å². The molecule has 2 heterocycles. The third kappa shape index (κ3) is 3.76. The van der Waals surface area contributed by atoms with Gasteiger partial charge in [0.25, 0.3) is 0 Å². The van der Waals surface area contributed by atoms with Crippen LogP contribution in [0.1, 0.15) is 20.8 Å². The van der Waals surface area contributed by atoms with E-state index in [9.17, 15) is 4.79 Å². The van der Waals surface area contributed by atoms with Crippen molar-refractivity contribution >= 4 is 28.4 Å². The Morgan fingerprint density at radius 1 is 1.07 bits per heavy atom. The van der Waals surface area contributed by atoms with Crippen molar-refractivity contribution in [1.82, 2.24) is 24.9 Å². The predicted molar refractivity (Wildman–Crippen MR) is 117 cm³/mol. The molecule has 0 unspecified atom stereocenters. The van der Waals surface area contributed by atoms with Crippen LogP contribution in [-0.4, -0.2) is 44.7 Å². The Labute approximate surface area is 174 Å². The van der Waals surface area contributed by atoms with Crippen LogP contribution in [0.15, 0.2) is 48.5 Å². The average molecular weight is 404 g/mol. The number of carbonyl (C=O) groups excluding carboxylic acids is 1. The molecule has 0 aliphatic carbocycles. The summed E-state index contributed by atoms with van der Waals surface area (Å²) in [5.74, 6) is 1.62. The van der Waals surface area contributed by atoms with Crippen molar-refractivity contribution in [3.63, 3.8) is 0 Å². The number of methoxy groups -OCH3 is 1. The number of rotatable bonds is 6. The number of benzene rings is 2. The van der Waals surface area contributed by atoms with Crippen molar-refractivity contribution in [2.45, 2.75) is 32.9 Å². The lowest BCUT2D eigenvalue weighted by atomic mass is 10.2. The van der Waals surface area contributed by atoms with Crippen molar-refractivity contribution in [1.29, 1.82) is 0 Å². The number of amides is 1. The first-order valence-corrected chi connectivity index (χ1v) is 9.83. The number of fused-ring (bicyclic) bond motifs is 3. The molecule has 0 radical (unpaired) electrons. The number of anilines is 1. The first-order chi connectivity index (χ1) is 14.5. The molecule has 1 amide bonds. The SMILES string of the molecule is COc1cccc(-c2nc3c4ccccc4nc(N[C@H](C)C(=O)NC(C)C)n3n2)c1. The Hall–Kier alpha value is -3.68. The van der Waals surface area contributed by atoms with Gasteiger partial charge in [-0.3, -0.25) is 4.79 Å². The minimum Gasteiger partial charge on any atom is -0.497 e. The first kappa shape index (κ1) is 19.6. The van der Waals surface area contributed by atoms with Gasteiger partial charge in [-0.05, 0) is 45.0 Å². The van der Waals surface area contributed by atoms with Crippen LogP contribution in [0.4, 0.5) is 5.95 Å². The van der Waals surface area contributed by atoms with Gasteiger partial charge in [0.2, 0.25) is 11.9 Å². The van der Waals surface area contributed by atoms with Gasteiger partial charge >= 0.3 is 0 Å². The second-order valence-corrected chi connectivity index (χ2v) is 7.38. The maximum atomic E-state index is 12.4. The molecule has 0 saturated heterocycles. The maximum absolute atomic E-state index is 12.4. The molecule has 4 aromatic rings. The number of hydrogen-bond donors (Lipinski definition) is 2. The second kappa shape index (κ2) is 7.98. The molecule has 30 heavy (non-hydrogen) atoms. The van der Waals surface area contributed by atoms with E-state index in [2.05, 4.69) is 15.7 Å². The monoisotopic (exact) mass is 404 g/mol. The maximum Gasteiger partial charge on any atom is 0.242 e. The molecule has 0 fully saturated rings. The Morgan fingerprint density at radius 3 is 2.63 bits per heavy atom. The van der Waals surface area contributed by atoms with E-state index in [0.29, 0.717) is 17.4 Å². The Balaban J connectivity index is 1.83. The van der Waals surface area contributed by atoms with E-state index < -0.39 is 6.04 Å². The van der Waals surface area contributed by atoms with Crippen molar-refractivity contribution in [2.24, 2.45) is 0 Å². The summed E-state index contributed by atoms with van der Waals surface area (Å²) in [6.07, 6.45) is 0. The minimum atomic E-state index is -0.492. The lowest BCUT2D eigenvalue weighted by Crippen LogP contribution is -2.41. The summed E-state index contributed by atoms with van der Waals surface area (Å²) >= 11 is 0. The molecule has 1 atom stereocenters. The molecule has 8 heteroatoms. The average Bonchev–Trinajstić information content (AvgIpc) is 3.19. The number of hydrogen-bond acceptors (Lipinski definition) is 6. The van der Waals surface area contributed by atoms with Gasteiger partial charge in [0.05, 0.1) is 12.6 Å². The topological polar surface area (TPSA) is 93.4 Å². The van der Waals surface area contributed by atoms with E-state index in [1.54, 1.807) is 18.5 Å². The highest BCUT2D eigenvalue weighted by Crippen LogP contribution is 2.26. The van der Waals surface area contributed by atoms with Crippen LogP contribution in [-0.2, 0) is 4.79 Å². The van der Waals surface area contributed by atoms with Crippen LogP contribution in [0, 0.1) is 0 Å². The van der Waals surface area contributed by atoms with Gasteiger partial charge in [-0.15, -0.1) is 5.10 Å². The number of nitrogens with one attached hydrogen (secondary N) is 2. The van der Waals surface area contributed by atoms with E-state index in [0.717, 1.165) is 22.2 Å². The summed E-state index contributed by atoms with van der Waals surface area (Å²) in [6, 6.07) is 14.9. The van der Waals surface area contributed by atoms with Gasteiger partial charge in [0, 0.05) is 17.0 Å². The van der Waals surface area contributed by atoms with Crippen molar-refractivity contribution in [3.05, 3.63) is 48.5 Å². The van der Waals surface area contributed by atoms with E-state index >= 15 is 0 Å². The summed E-state index contributed by atoms with van der Waals surface area (Å²) in [5, 5.41) is 11.6. The van der Waals surface area contributed by atoms with Crippen LogP contribution < -0.4 is 15.4 Å². The van der Waals surface area contributed by atoms with E-state index in [1.807, 2.05) is 62.4 Å². The summed E-state index contributed by atoms with van der Waals surface area (Å²) in [5.41, 5.74) is 2.27. The standard InChI is InChI=1S/C22H24N6O2/c1-13(2)23-21(29)14(3)24-22-25-18-11-6-5-10-17(18)20-26-19(27-28(20)22)15-8-7-9-16(12-15)30-4/h5-14H,1-4H3,(H,23,29)(H,24,25)/t14-/m1/s1. The molecular formula is C22H24N6O2. The van der Waals surface area contributed by atoms with Crippen LogP contribution in [0.25, 0.3) is 27.9 Å². The predicted octanol–water partition coefficient (Wildman–Crippen LogP) is 3.28. The Morgan fingerprint density at radius 2 is 1.87 bits per heavy atom. The highest BCUT2D eigenvalue weighted by molar-refractivity contribution is 5.93. The third-order valence-electron chi connectivity index (χ3n) is 4.68. The zero-order valence-electron chi connectivity index (χ0n) is 17.4. The van der Waals surface area contributed by atoms with Gasteiger partial charge in [-0.25, -0.2) is 9.97 Å². The molecule has 0 spiro atoms. The zero-order valence-corrected chi connectivity index (χ0v) is 17.4. The summed E-state index contributed by atoms with van der Waals surface area (Å²) < 4.78 is 6.97. The lowest BCUT2D eigenvalue weighted by molar-refractivity contribution is -0.122. The normalized spacial score (nSPS) is 12.3. The largest absolute Gasteiger partial charge is 0.497 e. The molecule has 8 nitrogen and oxygen atoms in total. The molecule has 0 bridgehead atoms. The molecule has 2 aromatic heterocycles. The quantitative estimate of drug-likeness (QED) is 0.512. The van der Waals surface area contributed by atoms with Gasteiger partial charge in [0.15, 0.2) is 11.5 Å². The summed E-state index contributed by atoms with van der Waals surface area (Å²) in [4.78, 5) is 21.8. The minimum absolute atomic E-state index is 0.0531. The fourth-order valence-electron chi connectivity index (χ4n) is 3.20. The molecule has 154 valence electrons. The number of ether oxygens (including phenoxy) is 1. The van der Waals surface area contributed by atoms with Crippen LogP contribution in [0.2, 0.25) is 0 Å². The molecule has 0 saturated carbocycles. The fraction of sp³-hybridized carbons (Fsp3) is 0.273. The molecule has 0 aliphatic rings. The van der Waals surface area contributed by atoms with E-state index in [-0.39, 0.29) is 11.9 Å². The van der Waals surface area contributed by atoms with Gasteiger partial charge in [-0.2, -0.15) is 4.52 Å². The highest BCUT2D eigenvalue weighted by atomic mass is 16.5. The Kier molecular flexibility index (Phi) is 5.22. The number of nitrogens with zero attached hydrogens (tertiary/aromatic N) is 4. The Bertz CT molecular complexity index is 1220. The first-order valence-electron chi connectivity index (χ1n) is 9.83. The number of carbonyl (C=O) groups is 1. The molecule has 2 N–H and O–H groups in total. The van der Waals surface area contributed by atoms with Crippen molar-refractivity contribution < 1.29 is 9.53 Å². The number of aromatic nitrogens is 4. The molecule has 4 rings (SSSR count). The van der Waals surface area contributed by atoms with Crippen molar-refractivity contribution in [3.8, 4) is 17.1 Å². The highest BCUT2D eigenvalue weighted by Gasteiger charge is 2.19. The van der Waals surface area contributed by atoms with Crippen molar-refractivity contribution in [2.75, 3.05) is 12.4 Å². The third-order valence-corrected chi connectivity index (χ3v) is 4.68. The molecule has 2 aromatic carbocycles. The van der Waals surface area contributed by atoms with E-state index in [1.165, 1.54) is 0 Å². The fourth-order valence-corrected chi connectivity index (χ4v) is 3.20. The van der Waals surface area contributed by atoms with Gasteiger partial charge in [0.1, 0.15) is 11.8 Å². The summed E-state index contributed by atoms with van der Waals surface area (Å²) in [6.45, 7) is 5.64. The molecule has 0 aliphatic heterocycles. The molecular weight excluding hydrogens is 380 g/mol. The van der Waals surface area contributed by atoms with Gasteiger partial charge in [-0.1, -0.05) is 24.3 Å². The van der Waals surface area contributed by atoms with Crippen LogP contribution in [0.3, 0.4) is 0 Å². The van der Waals surface area contributed by atoms with Gasteiger partial charge < -0.3 is 15.4 Å². The summed E-state index contributed by atoms with van der Waals surface area (Å²) in [7, 11) is 1.62. The van der Waals surface area contributed by atoms with Crippen LogP contribution in [0.5, 0.6) is 5.75 Å².